The van der Waals surface area contributed by atoms with Gasteiger partial charge in [-0.25, -0.2) is 0 Å². The second-order valence-electron chi connectivity index (χ2n) is 5.22. The van der Waals surface area contributed by atoms with Crippen LogP contribution in [0.5, 0.6) is 0 Å². The highest BCUT2D eigenvalue weighted by Crippen LogP contribution is 2.30. The minimum atomic E-state index is -0.397. The van der Waals surface area contributed by atoms with E-state index < -0.39 is 11.8 Å². The third-order valence-corrected chi connectivity index (χ3v) is 3.82. The highest BCUT2D eigenvalue weighted by atomic mass is 16.3. The van der Waals surface area contributed by atoms with Crippen LogP contribution in [0.15, 0.2) is 30.0 Å². The van der Waals surface area contributed by atoms with Crippen LogP contribution in [0.25, 0.3) is 0 Å². The van der Waals surface area contributed by atoms with E-state index in [1.54, 1.807) is 0 Å². The number of aliphatic hydroxyl groups is 1. The van der Waals surface area contributed by atoms with E-state index in [0.717, 1.165) is 23.6 Å². The van der Waals surface area contributed by atoms with E-state index in [-0.39, 0.29) is 18.8 Å². The molecule has 2 aliphatic heterocycles. The quantitative estimate of drug-likeness (QED) is 0.781. The van der Waals surface area contributed by atoms with Gasteiger partial charge in [-0.1, -0.05) is 0 Å². The number of amides is 2. The predicted molar refractivity (Wildman–Crippen MR) is 78.9 cm³/mol. The van der Waals surface area contributed by atoms with Gasteiger partial charge in [-0.3, -0.25) is 14.5 Å². The summed E-state index contributed by atoms with van der Waals surface area (Å²) >= 11 is 0. The number of nitrogens with one attached hydrogen (secondary N) is 1. The van der Waals surface area contributed by atoms with E-state index in [2.05, 4.69) is 10.2 Å². The molecule has 0 radical (unpaired) electrons. The number of likely N-dealkylation sites (N-methyl/N-ethyl adjacent to an activating group) is 1. The Balaban J connectivity index is 1.77. The van der Waals surface area contributed by atoms with Crippen LogP contribution >= 0.6 is 0 Å². The van der Waals surface area contributed by atoms with Gasteiger partial charge in [0, 0.05) is 31.0 Å². The molecule has 2 heterocycles. The van der Waals surface area contributed by atoms with Crippen LogP contribution < -0.4 is 10.2 Å². The number of fused-ring (bicyclic) bond motifs is 1. The molecule has 2 N–H and O–H groups in total. The fourth-order valence-corrected chi connectivity index (χ4v) is 2.71. The second-order valence-corrected chi connectivity index (χ2v) is 5.22. The lowest BCUT2D eigenvalue weighted by molar-refractivity contribution is -0.137. The summed E-state index contributed by atoms with van der Waals surface area (Å²) in [6, 6.07) is 5.91. The Morgan fingerprint density at radius 1 is 1.33 bits per heavy atom. The van der Waals surface area contributed by atoms with Gasteiger partial charge in [-0.05, 0) is 30.2 Å². The average molecular weight is 287 g/mol. The molecule has 0 aliphatic carbocycles. The Morgan fingerprint density at radius 3 is 2.90 bits per heavy atom. The summed E-state index contributed by atoms with van der Waals surface area (Å²) in [6.45, 7) is 0.779. The number of β-amino-alcohol motifs (C(OH)–C–C–N with tert-alkyl or cyclic N) is 1. The van der Waals surface area contributed by atoms with E-state index in [1.165, 1.54) is 17.3 Å². The molecule has 2 amide bonds. The average Bonchev–Trinajstić information content (AvgIpc) is 2.95. The van der Waals surface area contributed by atoms with Crippen molar-refractivity contribution in [2.24, 2.45) is 0 Å². The Hall–Kier alpha value is -2.34. The molecule has 1 aromatic rings. The largest absolute Gasteiger partial charge is 0.395 e. The van der Waals surface area contributed by atoms with Crippen LogP contribution in [0, 0.1) is 0 Å². The van der Waals surface area contributed by atoms with Crippen molar-refractivity contribution in [2.45, 2.75) is 6.42 Å². The topological polar surface area (TPSA) is 72.9 Å². The lowest BCUT2D eigenvalue weighted by Gasteiger charge is -2.14. The van der Waals surface area contributed by atoms with E-state index in [1.807, 2.05) is 25.2 Å². The van der Waals surface area contributed by atoms with Gasteiger partial charge in [-0.2, -0.15) is 0 Å². The zero-order valence-corrected chi connectivity index (χ0v) is 11.8. The second kappa shape index (κ2) is 5.21. The molecule has 0 bridgehead atoms. The number of carbonyl (C=O) groups is 2. The maximum absolute atomic E-state index is 12.1. The summed E-state index contributed by atoms with van der Waals surface area (Å²) in [5.41, 5.74) is 3.47. The third kappa shape index (κ3) is 2.38. The minimum absolute atomic E-state index is 0.0222. The molecule has 0 aromatic heterocycles. The smallest absolute Gasteiger partial charge is 0.277 e. The Kier molecular flexibility index (Phi) is 3.39. The van der Waals surface area contributed by atoms with Gasteiger partial charge in [-0.15, -0.1) is 0 Å². The monoisotopic (exact) mass is 287 g/mol. The summed E-state index contributed by atoms with van der Waals surface area (Å²) in [5.74, 6) is -0.788. The number of hydrogen-bond donors (Lipinski definition) is 2. The van der Waals surface area contributed by atoms with Gasteiger partial charge in [0.05, 0.1) is 13.2 Å². The molecule has 0 spiro atoms. The van der Waals surface area contributed by atoms with Crippen LogP contribution in [-0.4, -0.2) is 48.6 Å². The maximum Gasteiger partial charge on any atom is 0.277 e. The van der Waals surface area contributed by atoms with Crippen molar-refractivity contribution in [1.29, 1.82) is 0 Å². The van der Waals surface area contributed by atoms with E-state index >= 15 is 0 Å². The number of anilines is 2. The Morgan fingerprint density at radius 2 is 2.14 bits per heavy atom. The van der Waals surface area contributed by atoms with Crippen LogP contribution in [0.3, 0.4) is 0 Å². The van der Waals surface area contributed by atoms with Crippen molar-refractivity contribution >= 4 is 23.2 Å². The maximum atomic E-state index is 12.1. The lowest BCUT2D eigenvalue weighted by atomic mass is 10.1. The first-order valence-electron chi connectivity index (χ1n) is 6.89. The number of carbonyl (C=O) groups excluding carboxylic acids is 2. The summed E-state index contributed by atoms with van der Waals surface area (Å²) in [7, 11) is 2.05. The zero-order chi connectivity index (χ0) is 15.0. The number of hydrogen-bond acceptors (Lipinski definition) is 5. The molecule has 0 fully saturated rings. The van der Waals surface area contributed by atoms with Crippen LogP contribution in [0.4, 0.5) is 11.4 Å². The molecule has 0 unspecified atom stereocenters. The Labute approximate surface area is 122 Å². The molecule has 1 aromatic carbocycles. The molecule has 0 atom stereocenters. The summed E-state index contributed by atoms with van der Waals surface area (Å²) in [4.78, 5) is 26.9. The minimum Gasteiger partial charge on any atom is -0.395 e. The predicted octanol–water partition coefficient (Wildman–Crippen LogP) is 0.336. The highest BCUT2D eigenvalue weighted by molar-refractivity contribution is 6.17. The fraction of sp³-hybridized carbons (Fsp3) is 0.333. The molecule has 3 rings (SSSR count). The summed E-state index contributed by atoms with van der Waals surface area (Å²) < 4.78 is 0. The molecule has 21 heavy (non-hydrogen) atoms. The summed E-state index contributed by atoms with van der Waals surface area (Å²) in [5, 5.41) is 11.9. The molecule has 0 saturated carbocycles. The fourth-order valence-electron chi connectivity index (χ4n) is 2.71. The number of imide groups is 1. The highest BCUT2D eigenvalue weighted by Gasteiger charge is 2.30. The Bertz CT molecular complexity index is 639. The van der Waals surface area contributed by atoms with E-state index in [9.17, 15) is 9.59 Å². The van der Waals surface area contributed by atoms with Gasteiger partial charge in [0.1, 0.15) is 5.70 Å². The number of nitrogens with zero attached hydrogens (tertiary/aromatic N) is 2. The van der Waals surface area contributed by atoms with Crippen molar-refractivity contribution in [2.75, 3.05) is 37.0 Å². The van der Waals surface area contributed by atoms with Crippen molar-refractivity contribution < 1.29 is 14.7 Å². The molecule has 110 valence electrons. The molecule has 6 heteroatoms. The first-order valence-corrected chi connectivity index (χ1v) is 6.89. The number of aliphatic hydroxyl groups excluding tert-OH is 1. The van der Waals surface area contributed by atoms with Crippen molar-refractivity contribution in [1.82, 2.24) is 4.90 Å². The molecule has 0 saturated heterocycles. The molecular formula is C15H17N3O3. The van der Waals surface area contributed by atoms with Crippen molar-refractivity contribution in [3.8, 4) is 0 Å². The molecule has 2 aliphatic rings. The number of rotatable bonds is 4. The third-order valence-electron chi connectivity index (χ3n) is 3.82. The van der Waals surface area contributed by atoms with Crippen molar-refractivity contribution in [3.05, 3.63) is 35.5 Å². The summed E-state index contributed by atoms with van der Waals surface area (Å²) in [6.07, 6.45) is 2.25. The van der Waals surface area contributed by atoms with E-state index in [0.29, 0.717) is 0 Å². The van der Waals surface area contributed by atoms with Gasteiger partial charge in [0.25, 0.3) is 11.8 Å². The van der Waals surface area contributed by atoms with Crippen LogP contribution in [-0.2, 0) is 16.0 Å². The SMILES string of the molecule is CN1CCc2cc(NC3=CC(=O)N(CCO)C3=O)ccc21. The molecular weight excluding hydrogens is 270 g/mol. The van der Waals surface area contributed by atoms with Gasteiger partial charge < -0.3 is 15.3 Å². The first kappa shape index (κ1) is 13.6. The van der Waals surface area contributed by atoms with Crippen LogP contribution in [0.2, 0.25) is 0 Å². The van der Waals surface area contributed by atoms with Gasteiger partial charge in [0.15, 0.2) is 0 Å². The standard InChI is InChI=1S/C15H17N3O3/c1-17-5-4-10-8-11(2-3-13(10)17)16-12-9-14(20)18(6-7-19)15(12)21/h2-3,8-9,16,19H,4-7H2,1H3. The first-order chi connectivity index (χ1) is 10.1. The zero-order valence-electron chi connectivity index (χ0n) is 11.8. The number of benzene rings is 1. The van der Waals surface area contributed by atoms with E-state index in [4.69, 9.17) is 5.11 Å². The van der Waals surface area contributed by atoms with Gasteiger partial charge >= 0.3 is 0 Å². The van der Waals surface area contributed by atoms with Crippen LogP contribution in [0.1, 0.15) is 5.56 Å². The van der Waals surface area contributed by atoms with Crippen molar-refractivity contribution in [3.63, 3.8) is 0 Å². The lowest BCUT2D eigenvalue weighted by Crippen LogP contribution is -2.34. The van der Waals surface area contributed by atoms with Gasteiger partial charge in [0.2, 0.25) is 0 Å². The molecule has 6 nitrogen and oxygen atoms in total. The normalized spacial score (nSPS) is 17.3.